The van der Waals surface area contributed by atoms with Crippen LogP contribution in [0.25, 0.3) is 0 Å². The van der Waals surface area contributed by atoms with Crippen LogP contribution in [0, 0.1) is 0 Å². The van der Waals surface area contributed by atoms with Crippen LogP contribution in [0.5, 0.6) is 0 Å². The Morgan fingerprint density at radius 3 is 1.30 bits per heavy atom. The van der Waals surface area contributed by atoms with Crippen molar-refractivity contribution in [3.63, 3.8) is 0 Å². The van der Waals surface area contributed by atoms with Crippen LogP contribution < -0.4 is 0 Å². The van der Waals surface area contributed by atoms with Crippen molar-refractivity contribution in [1.82, 2.24) is 0 Å². The van der Waals surface area contributed by atoms with E-state index in [4.69, 9.17) is 23.7 Å². The summed E-state index contributed by atoms with van der Waals surface area (Å²) in [6, 6.07) is 46.1. The molecule has 0 spiro atoms. The van der Waals surface area contributed by atoms with Gasteiger partial charge in [0, 0.05) is 6.42 Å². The van der Waals surface area contributed by atoms with Crippen molar-refractivity contribution < 1.29 is 36.5 Å². The summed E-state index contributed by atoms with van der Waals surface area (Å²) < 4.78 is 75.8. The lowest BCUT2D eigenvalue weighted by molar-refractivity contribution is -0.327. The smallest absolute Gasteiger partial charge is 0.210 e. The molecule has 1 unspecified atom stereocenters. The number of alkyl halides is 1. The van der Waals surface area contributed by atoms with E-state index in [0.29, 0.717) is 0 Å². The second-order valence-corrected chi connectivity index (χ2v) is 14.2. The van der Waals surface area contributed by atoms with Crippen molar-refractivity contribution in [3.05, 3.63) is 174 Å². The van der Waals surface area contributed by atoms with Gasteiger partial charge < -0.3 is 23.7 Å². The lowest BCUT2D eigenvalue weighted by Gasteiger charge is -2.46. The van der Waals surface area contributed by atoms with E-state index < -0.39 is 52.5 Å². The van der Waals surface area contributed by atoms with E-state index in [1.54, 1.807) is 18.2 Å². The second-order valence-electron chi connectivity index (χ2n) is 12.1. The minimum atomic E-state index is -4.35. The van der Waals surface area contributed by atoms with Gasteiger partial charge in [-0.25, -0.2) is 12.8 Å². The van der Waals surface area contributed by atoms with Crippen LogP contribution in [0.3, 0.4) is 0 Å². The topological polar surface area (TPSA) is 80.3 Å². The molecule has 0 bridgehead atoms. The van der Waals surface area contributed by atoms with Gasteiger partial charge >= 0.3 is 0 Å². The van der Waals surface area contributed by atoms with Crippen molar-refractivity contribution >= 4 is 9.84 Å². The average Bonchev–Trinajstić information content (AvgIpc) is 3.17. The van der Waals surface area contributed by atoms with Crippen LogP contribution in [-0.4, -0.2) is 44.6 Å². The summed E-state index contributed by atoms with van der Waals surface area (Å²) in [6.07, 6.45) is -5.24. The zero-order valence-corrected chi connectivity index (χ0v) is 28.4. The standard InChI is InChI=1S/C41H41FO7S/c42-37(50(43,44)35-24-14-5-15-25-35)26-36-38(45-27-31-16-6-1-7-17-31)39(46-28-32-18-8-2-9-19-32)40(47-29-33-20-10-3-11-21-33)41(49-36)48-30-34-22-12-4-13-23-34/h1-25,36-41H,26-30H2/t36-,37?,38-,39+,40-,41-/m1/s1. The quantitative estimate of drug-likeness (QED) is 0.104. The minimum Gasteiger partial charge on any atom is -0.368 e. The number of halogens is 1. The highest BCUT2D eigenvalue weighted by molar-refractivity contribution is 7.91. The van der Waals surface area contributed by atoms with Crippen LogP contribution in [0.15, 0.2) is 157 Å². The van der Waals surface area contributed by atoms with Crippen molar-refractivity contribution in [2.75, 3.05) is 0 Å². The predicted octanol–water partition coefficient (Wildman–Crippen LogP) is 7.84. The summed E-state index contributed by atoms with van der Waals surface area (Å²) in [7, 11) is -4.35. The fourth-order valence-corrected chi connectivity index (χ4v) is 7.16. The second kappa shape index (κ2) is 17.6. The maximum atomic E-state index is 16.2. The Morgan fingerprint density at radius 1 is 0.500 bits per heavy atom. The maximum Gasteiger partial charge on any atom is 0.210 e. The van der Waals surface area contributed by atoms with Gasteiger partial charge in [-0.2, -0.15) is 0 Å². The van der Waals surface area contributed by atoms with E-state index in [2.05, 4.69) is 0 Å². The number of hydrogen-bond acceptors (Lipinski definition) is 7. The molecule has 1 heterocycles. The summed E-state index contributed by atoms with van der Waals surface area (Å²) in [4.78, 5) is -0.108. The fourth-order valence-electron chi connectivity index (χ4n) is 5.89. The van der Waals surface area contributed by atoms with Gasteiger partial charge in [-0.1, -0.05) is 140 Å². The predicted molar refractivity (Wildman–Crippen MR) is 188 cm³/mol. The Morgan fingerprint density at radius 2 is 0.860 bits per heavy atom. The van der Waals surface area contributed by atoms with Gasteiger partial charge in [0.2, 0.25) is 15.3 Å². The number of sulfone groups is 1. The average molecular weight is 697 g/mol. The van der Waals surface area contributed by atoms with Gasteiger partial charge in [-0.3, -0.25) is 0 Å². The zero-order valence-electron chi connectivity index (χ0n) is 27.6. The molecule has 50 heavy (non-hydrogen) atoms. The molecule has 1 fully saturated rings. The van der Waals surface area contributed by atoms with Crippen LogP contribution in [-0.2, 0) is 59.9 Å². The molecule has 1 saturated heterocycles. The van der Waals surface area contributed by atoms with E-state index in [1.165, 1.54) is 12.1 Å². The molecule has 6 rings (SSSR count). The van der Waals surface area contributed by atoms with E-state index in [-0.39, 0.29) is 31.3 Å². The van der Waals surface area contributed by atoms with Crippen LogP contribution >= 0.6 is 0 Å². The fraction of sp³-hybridized carbons (Fsp3) is 0.268. The first kappa shape index (κ1) is 35.6. The molecule has 1 aliphatic heterocycles. The van der Waals surface area contributed by atoms with E-state index in [0.717, 1.165) is 22.3 Å². The zero-order chi connectivity index (χ0) is 34.6. The molecular weight excluding hydrogens is 656 g/mol. The Balaban J connectivity index is 1.35. The first-order valence-corrected chi connectivity index (χ1v) is 18.2. The number of benzene rings is 5. The first-order chi connectivity index (χ1) is 24.5. The lowest BCUT2D eigenvalue weighted by atomic mass is 9.95. The molecule has 9 heteroatoms. The third kappa shape index (κ3) is 9.51. The van der Waals surface area contributed by atoms with E-state index in [9.17, 15) is 8.42 Å². The van der Waals surface area contributed by atoms with Gasteiger partial charge in [0.25, 0.3) is 0 Å². The number of rotatable bonds is 16. The van der Waals surface area contributed by atoms with Gasteiger partial charge in [0.05, 0.1) is 37.4 Å². The summed E-state index contributed by atoms with van der Waals surface area (Å²) in [5.74, 6) is 0. The molecule has 6 atom stereocenters. The lowest BCUT2D eigenvalue weighted by Crippen LogP contribution is -2.61. The first-order valence-electron chi connectivity index (χ1n) is 16.7. The Labute approximate surface area is 293 Å². The molecule has 0 saturated carbocycles. The molecule has 7 nitrogen and oxygen atoms in total. The number of ether oxygens (including phenoxy) is 5. The Bertz CT molecular complexity index is 1810. The van der Waals surface area contributed by atoms with Gasteiger partial charge in [0.15, 0.2) is 6.29 Å². The van der Waals surface area contributed by atoms with Crippen molar-refractivity contribution in [3.8, 4) is 0 Å². The molecule has 1 aliphatic rings. The van der Waals surface area contributed by atoms with Crippen molar-refractivity contribution in [2.24, 2.45) is 0 Å². The summed E-state index contributed by atoms with van der Waals surface area (Å²) in [5.41, 5.74) is 1.33. The van der Waals surface area contributed by atoms with Gasteiger partial charge in [0.1, 0.15) is 18.3 Å². The maximum absolute atomic E-state index is 16.2. The largest absolute Gasteiger partial charge is 0.368 e. The SMILES string of the molecule is O=S(=O)(c1ccccc1)C(F)C[C@H]1O[C@@H](OCc2ccccc2)[C@H](OCc2ccccc2)[C@@H](OCc2ccccc2)[C@@H]1OCc1ccccc1. The van der Waals surface area contributed by atoms with Crippen LogP contribution in [0.4, 0.5) is 4.39 Å². The summed E-state index contributed by atoms with van der Waals surface area (Å²) in [6.45, 7) is 0.739. The molecule has 0 amide bonds. The molecular formula is C41H41FO7S. The van der Waals surface area contributed by atoms with Crippen molar-refractivity contribution in [2.45, 2.75) is 74.0 Å². The molecule has 5 aromatic rings. The highest BCUT2D eigenvalue weighted by Crippen LogP contribution is 2.35. The third-order valence-electron chi connectivity index (χ3n) is 8.53. The minimum absolute atomic E-state index is 0.108. The molecule has 0 aromatic heterocycles. The van der Waals surface area contributed by atoms with E-state index in [1.807, 2.05) is 121 Å². The Kier molecular flexibility index (Phi) is 12.6. The molecule has 5 aromatic carbocycles. The van der Waals surface area contributed by atoms with Crippen LogP contribution in [0.1, 0.15) is 28.7 Å². The van der Waals surface area contributed by atoms with E-state index >= 15 is 4.39 Å². The third-order valence-corrected chi connectivity index (χ3v) is 10.3. The monoisotopic (exact) mass is 696 g/mol. The van der Waals surface area contributed by atoms with Gasteiger partial charge in [-0.15, -0.1) is 0 Å². The highest BCUT2D eigenvalue weighted by atomic mass is 32.2. The summed E-state index contributed by atoms with van der Waals surface area (Å²) in [5, 5.41) is 0. The highest BCUT2D eigenvalue weighted by Gasteiger charge is 2.50. The number of hydrogen-bond donors (Lipinski definition) is 0. The molecule has 0 aliphatic carbocycles. The molecule has 260 valence electrons. The van der Waals surface area contributed by atoms with Crippen LogP contribution in [0.2, 0.25) is 0 Å². The Hall–Kier alpha value is -4.22. The molecule has 0 N–H and O–H groups in total. The summed E-state index contributed by atoms with van der Waals surface area (Å²) >= 11 is 0. The van der Waals surface area contributed by atoms with Crippen molar-refractivity contribution in [1.29, 1.82) is 0 Å². The molecule has 0 radical (unpaired) electrons. The van der Waals surface area contributed by atoms with Gasteiger partial charge in [-0.05, 0) is 34.4 Å². The normalized spacial score (nSPS) is 21.4.